The Hall–Kier alpha value is -3.27. The highest BCUT2D eigenvalue weighted by Gasteiger charge is 2.22. The van der Waals surface area contributed by atoms with Gasteiger partial charge >= 0.3 is 0 Å². The number of nitrogen functional groups attached to an aromatic ring is 1. The quantitative estimate of drug-likeness (QED) is 0.616. The van der Waals surface area contributed by atoms with Crippen LogP contribution in [0.1, 0.15) is 22.5 Å². The maximum Gasteiger partial charge on any atom is 0.263 e. The minimum atomic E-state index is -0.751. The Labute approximate surface area is 153 Å². The number of pyridine rings is 1. The molecule has 1 saturated heterocycles. The van der Waals surface area contributed by atoms with Crippen molar-refractivity contribution in [3.05, 3.63) is 42.0 Å². The van der Waals surface area contributed by atoms with E-state index in [1.54, 1.807) is 12.3 Å². The van der Waals surface area contributed by atoms with Gasteiger partial charge in [-0.25, -0.2) is 13.9 Å². The number of carbonyl (C=O) groups excluding carboxylic acids is 1. The molecule has 1 aliphatic rings. The molecule has 10 heteroatoms. The molecule has 3 aromatic heterocycles. The first-order valence-corrected chi connectivity index (χ1v) is 8.48. The molecule has 1 aliphatic heterocycles. The molecule has 1 atom stereocenters. The lowest BCUT2D eigenvalue weighted by molar-refractivity contribution is 0.102. The van der Waals surface area contributed by atoms with Crippen LogP contribution < -0.4 is 21.1 Å². The van der Waals surface area contributed by atoms with E-state index in [1.165, 1.54) is 23.0 Å². The minimum absolute atomic E-state index is 0.00218. The monoisotopic (exact) mass is 371 g/mol. The van der Waals surface area contributed by atoms with Gasteiger partial charge in [-0.2, -0.15) is 0 Å². The second-order valence-electron chi connectivity index (χ2n) is 6.14. The van der Waals surface area contributed by atoms with E-state index in [4.69, 9.17) is 10.5 Å². The number of anilines is 2. The number of alkyl halides is 1. The van der Waals surface area contributed by atoms with E-state index in [2.05, 4.69) is 25.7 Å². The predicted molar refractivity (Wildman–Crippen MR) is 96.3 cm³/mol. The molecule has 4 N–H and O–H groups in total. The van der Waals surface area contributed by atoms with Crippen LogP contribution in [0.4, 0.5) is 15.9 Å². The van der Waals surface area contributed by atoms with Gasteiger partial charge in [-0.05, 0) is 19.0 Å². The van der Waals surface area contributed by atoms with Gasteiger partial charge in [0.25, 0.3) is 5.91 Å². The van der Waals surface area contributed by atoms with Gasteiger partial charge in [-0.3, -0.25) is 9.78 Å². The molecule has 0 spiro atoms. The number of nitrogens with one attached hydrogen (secondary N) is 2. The van der Waals surface area contributed by atoms with E-state index in [1.807, 2.05) is 0 Å². The van der Waals surface area contributed by atoms with Crippen LogP contribution in [0.2, 0.25) is 0 Å². The highest BCUT2D eigenvalue weighted by Crippen LogP contribution is 2.27. The summed E-state index contributed by atoms with van der Waals surface area (Å²) in [5, 5.41) is 10.0. The molecule has 27 heavy (non-hydrogen) atoms. The average molecular weight is 371 g/mol. The van der Waals surface area contributed by atoms with Crippen LogP contribution in [0.5, 0.6) is 5.75 Å². The lowest BCUT2D eigenvalue weighted by atomic mass is 10.2. The van der Waals surface area contributed by atoms with E-state index >= 15 is 0 Å². The topological polar surface area (TPSA) is 119 Å². The van der Waals surface area contributed by atoms with Crippen LogP contribution in [-0.2, 0) is 6.67 Å². The molecule has 0 radical (unpaired) electrons. The Kier molecular flexibility index (Phi) is 4.55. The normalized spacial score (nSPS) is 16.6. The summed E-state index contributed by atoms with van der Waals surface area (Å²) in [5.74, 6) is -0.00438. The number of ether oxygens (including phenoxy) is 1. The van der Waals surface area contributed by atoms with Crippen molar-refractivity contribution >= 4 is 23.1 Å². The molecule has 0 aromatic carbocycles. The van der Waals surface area contributed by atoms with Crippen LogP contribution in [0.3, 0.4) is 0 Å². The lowest BCUT2D eigenvalue weighted by Crippen LogP contribution is -2.21. The van der Waals surface area contributed by atoms with E-state index in [0.717, 1.165) is 19.5 Å². The van der Waals surface area contributed by atoms with Gasteiger partial charge in [0.1, 0.15) is 29.8 Å². The van der Waals surface area contributed by atoms with Gasteiger partial charge in [-0.1, -0.05) is 0 Å². The number of rotatable bonds is 5. The van der Waals surface area contributed by atoms with Gasteiger partial charge < -0.3 is 21.1 Å². The van der Waals surface area contributed by atoms with Crippen molar-refractivity contribution in [1.82, 2.24) is 24.9 Å². The van der Waals surface area contributed by atoms with Crippen LogP contribution in [0.15, 0.2) is 30.7 Å². The highest BCUT2D eigenvalue weighted by molar-refractivity contribution is 6.12. The molecule has 140 valence electrons. The number of hydrogen-bond donors (Lipinski definition) is 3. The number of nitrogens with zero attached hydrogens (tertiary/aromatic N) is 4. The lowest BCUT2D eigenvalue weighted by Gasteiger charge is -2.16. The second-order valence-corrected chi connectivity index (χ2v) is 6.14. The standard InChI is InChI=1S/C17H18FN7O2/c18-7-10-3-6-25-16(22-10)14(15(19)24-25)17(26)23-12-9-21-5-2-13(12)27-11-1-4-20-8-11/h2-3,5-6,9,11,20H,1,4,7-8H2,(H2,19,24)(H,23,26)/t11-/m0/s1. The van der Waals surface area contributed by atoms with Gasteiger partial charge in [0.15, 0.2) is 11.5 Å². The molecule has 4 heterocycles. The van der Waals surface area contributed by atoms with E-state index in [-0.39, 0.29) is 28.8 Å². The third-order valence-corrected chi connectivity index (χ3v) is 4.27. The third-order valence-electron chi connectivity index (χ3n) is 4.27. The minimum Gasteiger partial charge on any atom is -0.487 e. The summed E-state index contributed by atoms with van der Waals surface area (Å²) < 4.78 is 20.2. The second kappa shape index (κ2) is 7.16. The number of amides is 1. The fourth-order valence-electron chi connectivity index (χ4n) is 2.95. The van der Waals surface area contributed by atoms with Crippen LogP contribution in [0.25, 0.3) is 5.65 Å². The Morgan fingerprint density at radius 3 is 3.15 bits per heavy atom. The fraction of sp³-hybridized carbons (Fsp3) is 0.294. The van der Waals surface area contributed by atoms with Crippen molar-refractivity contribution in [2.45, 2.75) is 19.2 Å². The first-order valence-electron chi connectivity index (χ1n) is 8.48. The summed E-state index contributed by atoms with van der Waals surface area (Å²) in [7, 11) is 0. The predicted octanol–water partition coefficient (Wildman–Crippen LogP) is 1.17. The molecular weight excluding hydrogens is 353 g/mol. The SMILES string of the molecule is Nc1nn2ccc(CF)nc2c1C(=O)Nc1cnccc1O[C@H]1CCNC1. The van der Waals surface area contributed by atoms with Crippen molar-refractivity contribution in [3.63, 3.8) is 0 Å². The first-order chi connectivity index (χ1) is 13.2. The number of aromatic nitrogens is 4. The van der Waals surface area contributed by atoms with Gasteiger partial charge in [0.05, 0.1) is 11.9 Å². The smallest absolute Gasteiger partial charge is 0.263 e. The summed E-state index contributed by atoms with van der Waals surface area (Å²) in [6.45, 7) is 0.879. The summed E-state index contributed by atoms with van der Waals surface area (Å²) in [6.07, 6.45) is 5.51. The zero-order chi connectivity index (χ0) is 18.8. The van der Waals surface area contributed by atoms with E-state index in [0.29, 0.717) is 11.4 Å². The number of carbonyl (C=O) groups is 1. The summed E-state index contributed by atoms with van der Waals surface area (Å²) >= 11 is 0. The maximum atomic E-state index is 12.9. The Morgan fingerprint density at radius 2 is 2.37 bits per heavy atom. The molecule has 1 fully saturated rings. The Morgan fingerprint density at radius 1 is 1.48 bits per heavy atom. The largest absolute Gasteiger partial charge is 0.487 e. The Balaban J connectivity index is 1.63. The molecule has 0 unspecified atom stereocenters. The van der Waals surface area contributed by atoms with Crippen molar-refractivity contribution in [1.29, 1.82) is 0 Å². The molecule has 4 rings (SSSR count). The first kappa shape index (κ1) is 17.2. The van der Waals surface area contributed by atoms with Gasteiger partial charge in [0, 0.05) is 25.0 Å². The fourth-order valence-corrected chi connectivity index (χ4v) is 2.95. The Bertz CT molecular complexity index is 985. The molecule has 0 aliphatic carbocycles. The third kappa shape index (κ3) is 3.38. The summed E-state index contributed by atoms with van der Waals surface area (Å²) in [5.41, 5.74) is 6.75. The van der Waals surface area contributed by atoms with E-state index in [9.17, 15) is 9.18 Å². The van der Waals surface area contributed by atoms with E-state index < -0.39 is 12.6 Å². The summed E-state index contributed by atoms with van der Waals surface area (Å²) in [6, 6.07) is 3.16. The number of halogens is 1. The summed E-state index contributed by atoms with van der Waals surface area (Å²) in [4.78, 5) is 21.0. The molecule has 0 saturated carbocycles. The van der Waals surface area contributed by atoms with Crippen molar-refractivity contribution in [2.24, 2.45) is 0 Å². The van der Waals surface area contributed by atoms with Crippen molar-refractivity contribution in [2.75, 3.05) is 24.1 Å². The maximum absolute atomic E-state index is 12.9. The number of hydrogen-bond acceptors (Lipinski definition) is 7. The van der Waals surface area contributed by atoms with Crippen molar-refractivity contribution in [3.8, 4) is 5.75 Å². The van der Waals surface area contributed by atoms with Gasteiger partial charge in [0.2, 0.25) is 0 Å². The van der Waals surface area contributed by atoms with Crippen LogP contribution in [0, 0.1) is 0 Å². The van der Waals surface area contributed by atoms with Crippen molar-refractivity contribution < 1.29 is 13.9 Å². The average Bonchev–Trinajstić information content (AvgIpc) is 3.29. The van der Waals surface area contributed by atoms with Crippen LogP contribution >= 0.6 is 0 Å². The molecule has 3 aromatic rings. The molecule has 0 bridgehead atoms. The molecule has 9 nitrogen and oxygen atoms in total. The van der Waals surface area contributed by atoms with Crippen LogP contribution in [-0.4, -0.2) is 44.7 Å². The molecular formula is C17H18FN7O2. The highest BCUT2D eigenvalue weighted by atomic mass is 19.1. The number of fused-ring (bicyclic) bond motifs is 1. The zero-order valence-corrected chi connectivity index (χ0v) is 14.4. The zero-order valence-electron chi connectivity index (χ0n) is 14.4. The van der Waals surface area contributed by atoms with Gasteiger partial charge in [-0.15, -0.1) is 5.10 Å². The molecule has 1 amide bonds. The number of nitrogens with two attached hydrogens (primary N) is 1.